The number of Topliss-reactive ketones (excluding diaryl/α,β-unsaturated/α-hetero) is 1. The molecule has 0 aromatic carbocycles. The molecular weight excluding hydrogens is 296 g/mol. The highest BCUT2D eigenvalue weighted by Gasteiger charge is 2.38. The predicted octanol–water partition coefficient (Wildman–Crippen LogP) is 0.848. The van der Waals surface area contributed by atoms with Gasteiger partial charge >= 0.3 is 0 Å². The molecular formula is C12H17BrN4O. The third-order valence-electron chi connectivity index (χ3n) is 3.91. The van der Waals surface area contributed by atoms with E-state index in [4.69, 9.17) is 0 Å². The van der Waals surface area contributed by atoms with Gasteiger partial charge in [0.05, 0.1) is 16.7 Å². The Labute approximate surface area is 115 Å². The topological polar surface area (TPSA) is 41.4 Å². The Morgan fingerprint density at radius 3 is 2.72 bits per heavy atom. The van der Waals surface area contributed by atoms with E-state index < -0.39 is 0 Å². The van der Waals surface area contributed by atoms with Crippen molar-refractivity contribution in [3.8, 4) is 0 Å². The predicted molar refractivity (Wildman–Crippen MR) is 71.7 cm³/mol. The molecule has 0 radical (unpaired) electrons. The van der Waals surface area contributed by atoms with Crippen molar-refractivity contribution in [3.05, 3.63) is 16.4 Å². The number of hydrogen-bond acceptors (Lipinski definition) is 4. The quantitative estimate of drug-likeness (QED) is 0.776. The molecule has 1 atom stereocenters. The first-order valence-corrected chi connectivity index (χ1v) is 7.22. The van der Waals surface area contributed by atoms with Gasteiger partial charge in [0.2, 0.25) is 0 Å². The monoisotopic (exact) mass is 312 g/mol. The maximum atomic E-state index is 12.7. The summed E-state index contributed by atoms with van der Waals surface area (Å²) < 4.78 is 2.59. The Kier molecular flexibility index (Phi) is 3.25. The van der Waals surface area contributed by atoms with Crippen molar-refractivity contribution >= 4 is 21.7 Å². The largest absolute Gasteiger partial charge is 0.299 e. The number of hydrogen-bond donors (Lipinski definition) is 0. The average molecular weight is 313 g/mol. The van der Waals surface area contributed by atoms with Crippen LogP contribution < -0.4 is 0 Å². The number of carbonyl (C=O) groups is 1. The number of nitrogens with zero attached hydrogens (tertiary/aromatic N) is 4. The molecule has 0 saturated carbocycles. The fourth-order valence-corrected chi connectivity index (χ4v) is 3.36. The number of aryl methyl sites for hydroxylation is 1. The molecule has 0 N–H and O–H groups in total. The number of halogens is 1. The van der Waals surface area contributed by atoms with Gasteiger partial charge in [0, 0.05) is 39.3 Å². The molecule has 4 heterocycles. The summed E-state index contributed by atoms with van der Waals surface area (Å²) in [5.74, 6) is 0.200. The molecule has 2 bridgehead atoms. The van der Waals surface area contributed by atoms with E-state index in [1.807, 2.05) is 6.92 Å². The number of rotatable bonds is 3. The lowest BCUT2D eigenvalue weighted by Gasteiger charge is -2.46. The van der Waals surface area contributed by atoms with Gasteiger partial charge in [0.25, 0.3) is 0 Å². The van der Waals surface area contributed by atoms with Crippen LogP contribution in [-0.2, 0) is 6.54 Å². The summed E-state index contributed by atoms with van der Waals surface area (Å²) in [6, 6.07) is 0.00537. The summed E-state index contributed by atoms with van der Waals surface area (Å²) in [4.78, 5) is 17.4. The van der Waals surface area contributed by atoms with E-state index >= 15 is 0 Å². The molecule has 18 heavy (non-hydrogen) atoms. The minimum Gasteiger partial charge on any atom is -0.299 e. The average Bonchev–Trinajstić information content (AvgIpc) is 2.80. The van der Waals surface area contributed by atoms with E-state index in [1.54, 1.807) is 10.9 Å². The van der Waals surface area contributed by atoms with Gasteiger partial charge in [-0.25, -0.2) is 0 Å². The molecule has 1 aromatic heterocycles. The lowest BCUT2D eigenvalue weighted by molar-refractivity contribution is 0.0153. The Morgan fingerprint density at radius 2 is 2.17 bits per heavy atom. The van der Waals surface area contributed by atoms with Crippen LogP contribution in [0.1, 0.15) is 17.4 Å². The number of aromatic nitrogens is 2. The zero-order valence-corrected chi connectivity index (χ0v) is 12.1. The Bertz CT molecular complexity index is 465. The highest BCUT2D eigenvalue weighted by molar-refractivity contribution is 9.10. The molecule has 0 amide bonds. The zero-order valence-electron chi connectivity index (χ0n) is 10.5. The number of piperazine rings is 3. The third kappa shape index (κ3) is 1.92. The van der Waals surface area contributed by atoms with E-state index in [0.717, 1.165) is 49.4 Å². The van der Waals surface area contributed by atoms with Gasteiger partial charge < -0.3 is 0 Å². The van der Waals surface area contributed by atoms with Crippen molar-refractivity contribution in [1.82, 2.24) is 19.6 Å². The summed E-state index contributed by atoms with van der Waals surface area (Å²) in [5, 5.41) is 4.23. The summed E-state index contributed by atoms with van der Waals surface area (Å²) in [7, 11) is 0. The van der Waals surface area contributed by atoms with Crippen molar-refractivity contribution in [3.63, 3.8) is 0 Å². The lowest BCUT2D eigenvalue weighted by Crippen LogP contribution is -2.63. The van der Waals surface area contributed by atoms with Gasteiger partial charge in [-0.2, -0.15) is 5.10 Å². The molecule has 3 aliphatic rings. The minimum atomic E-state index is 0.00537. The fraction of sp³-hybridized carbons (Fsp3) is 0.667. The Balaban J connectivity index is 1.88. The van der Waals surface area contributed by atoms with Crippen LogP contribution in [0.25, 0.3) is 0 Å². The molecule has 1 aromatic rings. The van der Waals surface area contributed by atoms with Crippen molar-refractivity contribution in [1.29, 1.82) is 0 Å². The second-order valence-electron chi connectivity index (χ2n) is 4.87. The van der Waals surface area contributed by atoms with E-state index in [0.29, 0.717) is 0 Å². The van der Waals surface area contributed by atoms with Crippen molar-refractivity contribution in [2.45, 2.75) is 19.5 Å². The van der Waals surface area contributed by atoms with E-state index in [1.165, 1.54) is 0 Å². The first-order valence-electron chi connectivity index (χ1n) is 6.42. The van der Waals surface area contributed by atoms with Crippen molar-refractivity contribution < 1.29 is 4.79 Å². The maximum absolute atomic E-state index is 12.7. The lowest BCUT2D eigenvalue weighted by atomic mass is 10.0. The Hall–Kier alpha value is -0.720. The van der Waals surface area contributed by atoms with Crippen LogP contribution in [-0.4, -0.2) is 64.1 Å². The van der Waals surface area contributed by atoms with Crippen LogP contribution >= 0.6 is 15.9 Å². The second-order valence-corrected chi connectivity index (χ2v) is 5.73. The SMILES string of the molecule is CCn1ncc(Br)c1C(=O)C1CN2CCN1CC2. The smallest absolute Gasteiger partial charge is 0.200 e. The summed E-state index contributed by atoms with van der Waals surface area (Å²) >= 11 is 3.44. The van der Waals surface area contributed by atoms with Gasteiger partial charge in [-0.15, -0.1) is 0 Å². The maximum Gasteiger partial charge on any atom is 0.200 e. The minimum absolute atomic E-state index is 0.00537. The molecule has 0 aliphatic carbocycles. The normalized spacial score (nSPS) is 30.7. The van der Waals surface area contributed by atoms with Crippen LogP contribution in [0.3, 0.4) is 0 Å². The first-order chi connectivity index (χ1) is 8.70. The van der Waals surface area contributed by atoms with Crippen molar-refractivity contribution in [2.24, 2.45) is 0 Å². The van der Waals surface area contributed by atoms with E-state index in [2.05, 4.69) is 30.8 Å². The van der Waals surface area contributed by atoms with Crippen LogP contribution in [0, 0.1) is 0 Å². The van der Waals surface area contributed by atoms with Gasteiger partial charge in [0.1, 0.15) is 5.69 Å². The van der Waals surface area contributed by atoms with Crippen LogP contribution in [0.5, 0.6) is 0 Å². The molecule has 3 saturated heterocycles. The summed E-state index contributed by atoms with van der Waals surface area (Å²) in [5.41, 5.74) is 0.719. The van der Waals surface area contributed by atoms with Crippen molar-refractivity contribution in [2.75, 3.05) is 32.7 Å². The highest BCUT2D eigenvalue weighted by atomic mass is 79.9. The molecule has 1 unspecified atom stereocenters. The van der Waals surface area contributed by atoms with Gasteiger partial charge in [-0.3, -0.25) is 19.3 Å². The van der Waals surface area contributed by atoms with E-state index in [9.17, 15) is 4.79 Å². The molecule has 0 spiro atoms. The third-order valence-corrected chi connectivity index (χ3v) is 4.49. The van der Waals surface area contributed by atoms with Crippen LogP contribution in [0.15, 0.2) is 10.7 Å². The second kappa shape index (κ2) is 4.75. The molecule has 4 rings (SSSR count). The first kappa shape index (κ1) is 12.3. The van der Waals surface area contributed by atoms with Crippen LogP contribution in [0.4, 0.5) is 0 Å². The number of ketones is 1. The highest BCUT2D eigenvalue weighted by Crippen LogP contribution is 2.23. The zero-order chi connectivity index (χ0) is 12.7. The van der Waals surface area contributed by atoms with Gasteiger partial charge in [-0.1, -0.05) is 0 Å². The molecule has 5 nitrogen and oxygen atoms in total. The van der Waals surface area contributed by atoms with Crippen LogP contribution in [0.2, 0.25) is 0 Å². The van der Waals surface area contributed by atoms with Gasteiger partial charge in [0.15, 0.2) is 5.78 Å². The molecule has 6 heteroatoms. The molecule has 3 aliphatic heterocycles. The standard InChI is InChI=1S/C12H17BrN4O/c1-2-17-11(9(13)7-14-17)12(18)10-8-15-3-5-16(10)6-4-15/h7,10H,2-6,8H2,1H3. The molecule has 3 fully saturated rings. The van der Waals surface area contributed by atoms with E-state index in [-0.39, 0.29) is 11.8 Å². The molecule has 98 valence electrons. The number of carbonyl (C=O) groups excluding carboxylic acids is 1. The fourth-order valence-electron chi connectivity index (χ4n) is 2.87. The number of fused-ring (bicyclic) bond motifs is 3. The summed E-state index contributed by atoms with van der Waals surface area (Å²) in [6.07, 6.45) is 1.72. The summed E-state index contributed by atoms with van der Waals surface area (Å²) in [6.45, 7) is 7.80. The van der Waals surface area contributed by atoms with Gasteiger partial charge in [-0.05, 0) is 22.9 Å². The Morgan fingerprint density at radius 1 is 1.44 bits per heavy atom.